The zero-order chi connectivity index (χ0) is 14.4. The van der Waals surface area contributed by atoms with E-state index in [1.165, 1.54) is 0 Å². The number of aliphatic hydroxyl groups excluding tert-OH is 1. The summed E-state index contributed by atoms with van der Waals surface area (Å²) in [5, 5.41) is 8.94. The van der Waals surface area contributed by atoms with Crippen molar-refractivity contribution in [3.63, 3.8) is 0 Å². The first kappa shape index (κ1) is 15.0. The molecule has 1 aromatic carbocycles. The first-order valence-electron chi connectivity index (χ1n) is 6.94. The fourth-order valence-electron chi connectivity index (χ4n) is 2.55. The van der Waals surface area contributed by atoms with Gasteiger partial charge in [0.25, 0.3) is 0 Å². The van der Waals surface area contributed by atoms with Crippen molar-refractivity contribution in [3.8, 4) is 5.75 Å². The molecule has 5 nitrogen and oxygen atoms in total. The average Bonchev–Trinajstić information content (AvgIpc) is 2.49. The third-order valence-electron chi connectivity index (χ3n) is 3.72. The average molecular weight is 278 g/mol. The molecule has 0 unspecified atom stereocenters. The van der Waals surface area contributed by atoms with E-state index in [2.05, 4.69) is 9.80 Å². The lowest BCUT2D eigenvalue weighted by molar-refractivity contribution is 0.108. The zero-order valence-electron chi connectivity index (χ0n) is 11.9. The normalized spacial score (nSPS) is 17.1. The Morgan fingerprint density at radius 3 is 2.55 bits per heavy atom. The molecule has 0 radical (unpaired) electrons. The predicted octanol–water partition coefficient (Wildman–Crippen LogP) is 0.618. The summed E-state index contributed by atoms with van der Waals surface area (Å²) in [5.41, 5.74) is 1.73. The van der Waals surface area contributed by atoms with Crippen LogP contribution in [0.3, 0.4) is 0 Å². The van der Waals surface area contributed by atoms with Gasteiger partial charge >= 0.3 is 0 Å². The highest BCUT2D eigenvalue weighted by Gasteiger charge is 2.17. The predicted molar refractivity (Wildman–Crippen MR) is 77.2 cm³/mol. The number of aliphatic hydroxyl groups is 1. The Morgan fingerprint density at radius 1 is 1.25 bits per heavy atom. The van der Waals surface area contributed by atoms with Crippen LogP contribution in [0.15, 0.2) is 18.2 Å². The molecule has 1 aliphatic heterocycles. The molecular formula is C15H22N2O3. The molecule has 0 aromatic heterocycles. The monoisotopic (exact) mass is 278 g/mol. The maximum atomic E-state index is 10.9. The summed E-state index contributed by atoms with van der Waals surface area (Å²) < 4.78 is 5.36. The molecule has 2 rings (SSSR count). The molecule has 0 bridgehead atoms. The molecule has 0 amide bonds. The van der Waals surface area contributed by atoms with E-state index >= 15 is 0 Å². The Morgan fingerprint density at radius 2 is 1.95 bits per heavy atom. The minimum absolute atomic E-state index is 0.217. The number of carbonyl (C=O) groups excluding carboxylic acids is 1. The summed E-state index contributed by atoms with van der Waals surface area (Å²) in [6.45, 7) is 5.63. The van der Waals surface area contributed by atoms with Crippen LogP contribution in [-0.2, 0) is 6.54 Å². The van der Waals surface area contributed by atoms with Gasteiger partial charge in [-0.2, -0.15) is 0 Å². The molecule has 1 aliphatic rings. The second-order valence-electron chi connectivity index (χ2n) is 5.03. The lowest BCUT2D eigenvalue weighted by atomic mass is 10.1. The lowest BCUT2D eigenvalue weighted by Gasteiger charge is -2.34. The minimum atomic E-state index is 0.217. The quantitative estimate of drug-likeness (QED) is 0.773. The summed E-state index contributed by atoms with van der Waals surface area (Å²) in [7, 11) is 1.65. The first-order valence-corrected chi connectivity index (χ1v) is 6.94. The molecule has 1 saturated heterocycles. The van der Waals surface area contributed by atoms with Crippen molar-refractivity contribution < 1.29 is 14.6 Å². The van der Waals surface area contributed by atoms with E-state index in [1.807, 2.05) is 12.1 Å². The number of ether oxygens (including phenoxy) is 1. The molecule has 0 atom stereocenters. The number of nitrogens with zero attached hydrogens (tertiary/aromatic N) is 2. The van der Waals surface area contributed by atoms with Gasteiger partial charge in [0.05, 0.1) is 13.7 Å². The second-order valence-corrected chi connectivity index (χ2v) is 5.03. The van der Waals surface area contributed by atoms with Crippen LogP contribution in [0.4, 0.5) is 0 Å². The first-order chi connectivity index (χ1) is 9.76. The van der Waals surface area contributed by atoms with Gasteiger partial charge in [-0.25, -0.2) is 0 Å². The standard InChI is InChI=1S/C15H22N2O3/c1-20-15-3-2-13(12-19)10-14(15)11-17-6-4-16(5-7-17)8-9-18/h2-3,10,12,18H,4-9,11H2,1H3. The van der Waals surface area contributed by atoms with Gasteiger partial charge in [0.2, 0.25) is 0 Å². The van der Waals surface area contributed by atoms with Gasteiger partial charge in [0.1, 0.15) is 12.0 Å². The van der Waals surface area contributed by atoms with Gasteiger partial charge in [-0.05, 0) is 18.2 Å². The van der Waals surface area contributed by atoms with Gasteiger partial charge in [-0.1, -0.05) is 0 Å². The number of methoxy groups -OCH3 is 1. The molecule has 20 heavy (non-hydrogen) atoms. The summed E-state index contributed by atoms with van der Waals surface area (Å²) in [5.74, 6) is 0.827. The molecular weight excluding hydrogens is 256 g/mol. The Bertz CT molecular complexity index is 443. The van der Waals surface area contributed by atoms with Crippen LogP contribution in [-0.4, -0.2) is 67.6 Å². The fourth-order valence-corrected chi connectivity index (χ4v) is 2.55. The molecule has 1 fully saturated rings. The van der Waals surface area contributed by atoms with Gasteiger partial charge in [-0.3, -0.25) is 14.6 Å². The van der Waals surface area contributed by atoms with E-state index < -0.39 is 0 Å². The van der Waals surface area contributed by atoms with E-state index in [1.54, 1.807) is 13.2 Å². The molecule has 1 heterocycles. The number of carbonyl (C=O) groups is 1. The number of hydrogen-bond donors (Lipinski definition) is 1. The second kappa shape index (κ2) is 7.38. The van der Waals surface area contributed by atoms with Crippen molar-refractivity contribution in [3.05, 3.63) is 29.3 Å². The highest BCUT2D eigenvalue weighted by molar-refractivity contribution is 5.75. The van der Waals surface area contributed by atoms with Crippen molar-refractivity contribution >= 4 is 6.29 Å². The Labute approximate surface area is 119 Å². The van der Waals surface area contributed by atoms with Gasteiger partial charge in [0.15, 0.2) is 0 Å². The van der Waals surface area contributed by atoms with E-state index in [0.29, 0.717) is 5.56 Å². The van der Waals surface area contributed by atoms with Crippen molar-refractivity contribution in [1.82, 2.24) is 9.80 Å². The SMILES string of the molecule is COc1ccc(C=O)cc1CN1CCN(CCO)CC1. The Balaban J connectivity index is 1.98. The van der Waals surface area contributed by atoms with E-state index in [0.717, 1.165) is 56.9 Å². The third kappa shape index (κ3) is 3.79. The molecule has 5 heteroatoms. The molecule has 1 N–H and O–H groups in total. The topological polar surface area (TPSA) is 53.0 Å². The van der Waals surface area contributed by atoms with Gasteiger partial charge < -0.3 is 9.84 Å². The summed E-state index contributed by atoms with van der Waals surface area (Å²) >= 11 is 0. The van der Waals surface area contributed by atoms with E-state index in [-0.39, 0.29) is 6.61 Å². The van der Waals surface area contributed by atoms with Crippen LogP contribution < -0.4 is 4.74 Å². The number of aldehydes is 1. The lowest BCUT2D eigenvalue weighted by Crippen LogP contribution is -2.46. The van der Waals surface area contributed by atoms with Crippen LogP contribution in [0, 0.1) is 0 Å². The molecule has 0 aliphatic carbocycles. The van der Waals surface area contributed by atoms with Crippen LogP contribution in [0.2, 0.25) is 0 Å². The van der Waals surface area contributed by atoms with E-state index in [9.17, 15) is 4.79 Å². The zero-order valence-corrected chi connectivity index (χ0v) is 11.9. The molecule has 0 spiro atoms. The van der Waals surface area contributed by atoms with Gasteiger partial charge in [-0.15, -0.1) is 0 Å². The largest absolute Gasteiger partial charge is 0.496 e. The van der Waals surface area contributed by atoms with Crippen LogP contribution in [0.5, 0.6) is 5.75 Å². The molecule has 0 saturated carbocycles. The minimum Gasteiger partial charge on any atom is -0.496 e. The fraction of sp³-hybridized carbons (Fsp3) is 0.533. The number of β-amino-alcohol motifs (C(OH)–C–C–N with tert-alkyl or cyclic N) is 1. The van der Waals surface area contributed by atoms with Crippen molar-refractivity contribution in [2.24, 2.45) is 0 Å². The Kier molecular flexibility index (Phi) is 5.52. The number of rotatable bonds is 6. The van der Waals surface area contributed by atoms with Crippen molar-refractivity contribution in [2.75, 3.05) is 46.4 Å². The molecule has 110 valence electrons. The Hall–Kier alpha value is -1.43. The summed E-state index contributed by atoms with van der Waals surface area (Å²) in [6.07, 6.45) is 0.863. The van der Waals surface area contributed by atoms with Crippen molar-refractivity contribution in [1.29, 1.82) is 0 Å². The van der Waals surface area contributed by atoms with E-state index in [4.69, 9.17) is 9.84 Å². The van der Waals surface area contributed by atoms with Crippen LogP contribution >= 0.6 is 0 Å². The highest BCUT2D eigenvalue weighted by Crippen LogP contribution is 2.21. The highest BCUT2D eigenvalue weighted by atomic mass is 16.5. The van der Waals surface area contributed by atoms with Crippen molar-refractivity contribution in [2.45, 2.75) is 6.54 Å². The smallest absolute Gasteiger partial charge is 0.150 e. The summed E-state index contributed by atoms with van der Waals surface area (Å²) in [6, 6.07) is 5.52. The van der Waals surface area contributed by atoms with Crippen LogP contribution in [0.25, 0.3) is 0 Å². The number of piperazine rings is 1. The maximum absolute atomic E-state index is 10.9. The summed E-state index contributed by atoms with van der Waals surface area (Å²) in [4.78, 5) is 15.5. The third-order valence-corrected chi connectivity index (χ3v) is 3.72. The molecule has 1 aromatic rings. The number of hydrogen-bond acceptors (Lipinski definition) is 5. The van der Waals surface area contributed by atoms with Gasteiger partial charge in [0, 0.05) is 50.4 Å². The number of benzene rings is 1. The maximum Gasteiger partial charge on any atom is 0.150 e. The van der Waals surface area contributed by atoms with Crippen LogP contribution in [0.1, 0.15) is 15.9 Å².